The molecule has 2 atom stereocenters. The average Bonchev–Trinajstić information content (AvgIpc) is 1.80. The van der Waals surface area contributed by atoms with Crippen molar-refractivity contribution < 1.29 is 31.0 Å². The second-order valence-electron chi connectivity index (χ2n) is 3.18. The highest BCUT2D eigenvalue weighted by molar-refractivity contribution is 7.48. The molecule has 13 heavy (non-hydrogen) atoms. The molecule has 1 aliphatic rings. The molecule has 8 heteroatoms. The van der Waals surface area contributed by atoms with Crippen molar-refractivity contribution in [2.24, 2.45) is 5.41 Å². The third-order valence-electron chi connectivity index (χ3n) is 1.76. The van der Waals surface area contributed by atoms with E-state index in [2.05, 4.69) is 9.05 Å². The van der Waals surface area contributed by atoms with E-state index in [4.69, 9.17) is 0 Å². The van der Waals surface area contributed by atoms with Crippen molar-refractivity contribution in [3.63, 3.8) is 0 Å². The molecule has 1 saturated heterocycles. The van der Waals surface area contributed by atoms with E-state index in [0.29, 0.717) is 0 Å². The maximum absolute atomic E-state index is 12.8. The molecule has 0 spiro atoms. The molecule has 2 unspecified atom stereocenters. The van der Waals surface area contributed by atoms with Crippen LogP contribution in [0.1, 0.15) is 13.8 Å². The molecule has 78 valence electrons. The van der Waals surface area contributed by atoms with E-state index < -0.39 is 25.8 Å². The van der Waals surface area contributed by atoms with Crippen molar-refractivity contribution in [3.8, 4) is 0 Å². The van der Waals surface area contributed by atoms with Gasteiger partial charge < -0.3 is 0 Å². The van der Waals surface area contributed by atoms with Crippen LogP contribution in [0.4, 0.5) is 17.4 Å². The number of hydrogen-bond acceptors (Lipinski definition) is 3. The first kappa shape index (κ1) is 10.9. The Morgan fingerprint density at radius 1 is 1.38 bits per heavy atom. The van der Waals surface area contributed by atoms with Gasteiger partial charge in [-0.05, 0) is 13.8 Å². The van der Waals surface area contributed by atoms with Crippen LogP contribution in [0.3, 0.4) is 0 Å². The smallest absolute Gasteiger partial charge is 0.247 e. The van der Waals surface area contributed by atoms with Crippen molar-refractivity contribution in [2.75, 3.05) is 0 Å². The van der Waals surface area contributed by atoms with E-state index in [1.54, 1.807) is 0 Å². The maximum Gasteiger partial charge on any atom is 0.520 e. The second-order valence-corrected chi connectivity index (χ2v) is 4.44. The van der Waals surface area contributed by atoms with Gasteiger partial charge in [0, 0.05) is 0 Å². The lowest BCUT2D eigenvalue weighted by molar-refractivity contribution is -0.319. The predicted octanol–water partition coefficient (Wildman–Crippen LogP) is 3.03. The first-order valence-corrected chi connectivity index (χ1v) is 4.72. The summed E-state index contributed by atoms with van der Waals surface area (Å²) in [5, 5.41) is 0. The van der Waals surface area contributed by atoms with Crippen LogP contribution in [0.2, 0.25) is 0 Å². The summed E-state index contributed by atoms with van der Waals surface area (Å²) in [6.07, 6.45) is -6.83. The van der Waals surface area contributed by atoms with Crippen LogP contribution < -0.4 is 0 Å². The quantitative estimate of drug-likeness (QED) is 0.466. The molecule has 0 bridgehead atoms. The number of alkyl halides is 3. The van der Waals surface area contributed by atoms with Crippen LogP contribution >= 0.6 is 7.91 Å². The molecule has 3 nitrogen and oxygen atoms in total. The monoisotopic (exact) mass is 222 g/mol. The molecule has 1 rings (SSSR count). The summed E-state index contributed by atoms with van der Waals surface area (Å²) in [5.74, 6) is 0. The molecule has 0 saturated carbocycles. The van der Waals surface area contributed by atoms with Gasteiger partial charge in [0.15, 0.2) is 0 Å². The largest absolute Gasteiger partial charge is 0.520 e. The number of hydrogen-bond donors (Lipinski definition) is 0. The van der Waals surface area contributed by atoms with Crippen LogP contribution in [-0.2, 0) is 13.6 Å². The van der Waals surface area contributed by atoms with E-state index in [0.717, 1.165) is 13.8 Å². The molecular weight excluding hydrogens is 215 g/mol. The third-order valence-corrected chi connectivity index (χ3v) is 2.64. The van der Waals surface area contributed by atoms with Crippen LogP contribution in [0.15, 0.2) is 0 Å². The third kappa shape index (κ3) is 1.73. The van der Waals surface area contributed by atoms with Gasteiger partial charge in [-0.2, -0.15) is 8.78 Å². The van der Waals surface area contributed by atoms with E-state index in [1.807, 2.05) is 0 Å². The van der Waals surface area contributed by atoms with Gasteiger partial charge in [-0.25, -0.2) is 18.0 Å². The summed E-state index contributed by atoms with van der Waals surface area (Å²) >= 11 is 0. The van der Waals surface area contributed by atoms with Gasteiger partial charge in [-0.1, -0.05) is 0 Å². The van der Waals surface area contributed by atoms with Crippen LogP contribution in [-0.4, -0.2) is 12.5 Å². The van der Waals surface area contributed by atoms with E-state index in [9.17, 15) is 21.9 Å². The summed E-state index contributed by atoms with van der Waals surface area (Å²) in [6.45, 7) is 1.55. The van der Waals surface area contributed by atoms with Crippen molar-refractivity contribution in [2.45, 2.75) is 26.3 Å². The Kier molecular flexibility index (Phi) is 2.26. The van der Waals surface area contributed by atoms with Gasteiger partial charge in [-0.15, -0.1) is 4.20 Å². The molecular formula is C5H7F4O3P. The summed E-state index contributed by atoms with van der Waals surface area (Å²) < 4.78 is 67.8. The Hall–Kier alpha value is -0.130. The lowest BCUT2D eigenvalue weighted by Gasteiger charge is -2.39. The van der Waals surface area contributed by atoms with E-state index in [1.165, 1.54) is 0 Å². The van der Waals surface area contributed by atoms with Gasteiger partial charge >= 0.3 is 14.0 Å². The fourth-order valence-electron chi connectivity index (χ4n) is 0.651. The van der Waals surface area contributed by atoms with Gasteiger partial charge in [0.25, 0.3) is 0 Å². The summed E-state index contributed by atoms with van der Waals surface area (Å²) in [4.78, 5) is 0. The predicted molar refractivity (Wildman–Crippen MR) is 34.5 cm³/mol. The zero-order valence-corrected chi connectivity index (χ0v) is 7.66. The first-order chi connectivity index (χ1) is 5.58. The molecule has 0 aliphatic carbocycles. The van der Waals surface area contributed by atoms with E-state index >= 15 is 0 Å². The lowest BCUT2D eigenvalue weighted by atomic mass is 9.92. The zero-order chi connectivity index (χ0) is 10.5. The second kappa shape index (κ2) is 2.68. The summed E-state index contributed by atoms with van der Waals surface area (Å²) in [6, 6.07) is 0. The van der Waals surface area contributed by atoms with Crippen LogP contribution in [0, 0.1) is 5.41 Å². The Balaban J connectivity index is 3.03. The van der Waals surface area contributed by atoms with Crippen LogP contribution in [0.25, 0.3) is 0 Å². The van der Waals surface area contributed by atoms with E-state index in [-0.39, 0.29) is 0 Å². The number of rotatable bonds is 0. The normalized spacial score (nSPS) is 43.1. The standard InChI is InChI=1S/C5H7F4O3P/c1-4(2)3(6)11-13(9,10)12-5(4,7)8/h3H,1-2H3. The Bertz CT molecular complexity index is 267. The summed E-state index contributed by atoms with van der Waals surface area (Å²) in [7, 11) is -5.47. The fourth-order valence-corrected chi connectivity index (χ4v) is 1.69. The van der Waals surface area contributed by atoms with Crippen molar-refractivity contribution in [3.05, 3.63) is 0 Å². The molecule has 1 heterocycles. The fraction of sp³-hybridized carbons (Fsp3) is 1.00. The van der Waals surface area contributed by atoms with Gasteiger partial charge in [0.1, 0.15) is 5.41 Å². The van der Waals surface area contributed by atoms with Crippen LogP contribution in [0.5, 0.6) is 0 Å². The minimum Gasteiger partial charge on any atom is -0.247 e. The van der Waals surface area contributed by atoms with Gasteiger partial charge in [0.2, 0.25) is 6.36 Å². The SMILES string of the molecule is CC1(C)C(F)OP(=O)(F)OC1(F)F. The average molecular weight is 222 g/mol. The maximum atomic E-state index is 12.8. The van der Waals surface area contributed by atoms with Crippen molar-refractivity contribution >= 4 is 7.91 Å². The Labute approximate surface area is 71.7 Å². The highest BCUT2D eigenvalue weighted by Crippen LogP contribution is 2.64. The molecule has 0 aromatic heterocycles. The Morgan fingerprint density at radius 3 is 2.23 bits per heavy atom. The molecule has 0 aromatic carbocycles. The molecule has 0 amide bonds. The molecule has 1 fully saturated rings. The lowest BCUT2D eigenvalue weighted by Crippen LogP contribution is -2.49. The zero-order valence-electron chi connectivity index (χ0n) is 6.76. The summed E-state index contributed by atoms with van der Waals surface area (Å²) in [5.41, 5.74) is -2.37. The van der Waals surface area contributed by atoms with Gasteiger partial charge in [-0.3, -0.25) is 0 Å². The molecule has 1 aliphatic heterocycles. The molecule has 0 radical (unpaired) electrons. The number of halogens is 4. The Morgan fingerprint density at radius 2 is 1.85 bits per heavy atom. The highest BCUT2D eigenvalue weighted by atomic mass is 31.2. The van der Waals surface area contributed by atoms with Crippen molar-refractivity contribution in [1.82, 2.24) is 0 Å². The minimum absolute atomic E-state index is 0.775. The molecule has 0 N–H and O–H groups in total. The molecule has 0 aromatic rings. The topological polar surface area (TPSA) is 35.5 Å². The first-order valence-electron chi connectivity index (χ1n) is 3.29. The van der Waals surface area contributed by atoms with Crippen molar-refractivity contribution in [1.29, 1.82) is 0 Å². The highest BCUT2D eigenvalue weighted by Gasteiger charge is 2.64. The van der Waals surface area contributed by atoms with Gasteiger partial charge in [0.05, 0.1) is 0 Å². The minimum atomic E-state index is -5.47.